The van der Waals surface area contributed by atoms with Crippen LogP contribution in [-0.2, 0) is 13.0 Å². The van der Waals surface area contributed by atoms with E-state index in [1.165, 1.54) is 10.4 Å². The average molecular weight is 306 g/mol. The number of hydrogen-bond acceptors (Lipinski definition) is 5. The maximum absolute atomic E-state index is 9.92. The first-order valence-electron chi connectivity index (χ1n) is 7.19. The topological polar surface area (TPSA) is 54.4 Å². The lowest BCUT2D eigenvalue weighted by Crippen LogP contribution is -2.31. The van der Waals surface area contributed by atoms with Crippen molar-refractivity contribution in [2.45, 2.75) is 32.9 Å². The van der Waals surface area contributed by atoms with E-state index in [1.54, 1.807) is 11.3 Å². The molecule has 0 radical (unpaired) electrons. The van der Waals surface area contributed by atoms with Crippen LogP contribution in [0, 0.1) is 6.92 Å². The Morgan fingerprint density at radius 1 is 1.43 bits per heavy atom. The van der Waals surface area contributed by atoms with Gasteiger partial charge in [0.2, 0.25) is 0 Å². The Morgan fingerprint density at radius 3 is 3.00 bits per heavy atom. The predicted octanol–water partition coefficient (Wildman–Crippen LogP) is 2.54. The van der Waals surface area contributed by atoms with Gasteiger partial charge in [-0.05, 0) is 31.0 Å². The standard InChI is InChI=1S/C16H22N2O2S/c1-3-13-5-4-6-15(7-13)20-11-14(19)8-17-9-16-10-18-12(2)21-16/h4-7,10,14,17,19H,3,8-9,11H2,1-2H3. The fourth-order valence-electron chi connectivity index (χ4n) is 1.96. The fraction of sp³-hybridized carbons (Fsp3) is 0.438. The summed E-state index contributed by atoms with van der Waals surface area (Å²) < 4.78 is 5.62. The van der Waals surface area contributed by atoms with Gasteiger partial charge in [-0.2, -0.15) is 0 Å². The zero-order valence-corrected chi connectivity index (χ0v) is 13.3. The second-order valence-corrected chi connectivity index (χ2v) is 6.26. The van der Waals surface area contributed by atoms with E-state index in [4.69, 9.17) is 4.74 Å². The number of rotatable bonds is 8. The van der Waals surface area contributed by atoms with Crippen LogP contribution in [0.15, 0.2) is 30.5 Å². The maximum Gasteiger partial charge on any atom is 0.119 e. The molecule has 1 unspecified atom stereocenters. The number of aromatic nitrogens is 1. The van der Waals surface area contributed by atoms with E-state index >= 15 is 0 Å². The smallest absolute Gasteiger partial charge is 0.119 e. The van der Waals surface area contributed by atoms with Crippen LogP contribution in [0.3, 0.4) is 0 Å². The van der Waals surface area contributed by atoms with E-state index in [9.17, 15) is 5.11 Å². The molecule has 1 heterocycles. The summed E-state index contributed by atoms with van der Waals surface area (Å²) in [6, 6.07) is 7.98. The van der Waals surface area contributed by atoms with E-state index in [1.807, 2.05) is 31.3 Å². The lowest BCUT2D eigenvalue weighted by Gasteiger charge is -2.13. The molecule has 5 heteroatoms. The molecule has 0 saturated carbocycles. The Labute approximate surface area is 129 Å². The zero-order valence-electron chi connectivity index (χ0n) is 12.5. The van der Waals surface area contributed by atoms with Crippen LogP contribution in [0.5, 0.6) is 5.75 Å². The van der Waals surface area contributed by atoms with Crippen LogP contribution in [-0.4, -0.2) is 29.3 Å². The molecule has 4 nitrogen and oxygen atoms in total. The molecular weight excluding hydrogens is 284 g/mol. The van der Waals surface area contributed by atoms with Crippen molar-refractivity contribution in [3.8, 4) is 5.75 Å². The van der Waals surface area contributed by atoms with Crippen LogP contribution < -0.4 is 10.1 Å². The van der Waals surface area contributed by atoms with Crippen LogP contribution in [0.4, 0.5) is 0 Å². The van der Waals surface area contributed by atoms with Crippen molar-refractivity contribution < 1.29 is 9.84 Å². The summed E-state index contributed by atoms with van der Waals surface area (Å²) in [5.74, 6) is 0.812. The minimum Gasteiger partial charge on any atom is -0.491 e. The monoisotopic (exact) mass is 306 g/mol. The van der Waals surface area contributed by atoms with E-state index in [-0.39, 0.29) is 0 Å². The first-order chi connectivity index (χ1) is 10.2. The first kappa shape index (κ1) is 15.9. The molecule has 0 aliphatic rings. The van der Waals surface area contributed by atoms with E-state index in [0.29, 0.717) is 13.2 Å². The number of aliphatic hydroxyl groups is 1. The third-order valence-corrected chi connectivity index (χ3v) is 4.01. The molecule has 2 N–H and O–H groups in total. The molecule has 2 rings (SSSR count). The molecule has 2 aromatic rings. The Bertz CT molecular complexity index is 557. The number of aryl methyl sites for hydroxylation is 2. The normalized spacial score (nSPS) is 12.3. The van der Waals surface area contributed by atoms with Gasteiger partial charge in [0, 0.05) is 24.2 Å². The number of thiazole rings is 1. The summed E-state index contributed by atoms with van der Waals surface area (Å²) in [4.78, 5) is 5.38. The lowest BCUT2D eigenvalue weighted by atomic mass is 10.2. The van der Waals surface area contributed by atoms with Gasteiger partial charge in [0.25, 0.3) is 0 Å². The van der Waals surface area contributed by atoms with Crippen molar-refractivity contribution in [2.24, 2.45) is 0 Å². The summed E-state index contributed by atoms with van der Waals surface area (Å²) >= 11 is 1.67. The van der Waals surface area contributed by atoms with Gasteiger partial charge >= 0.3 is 0 Å². The third-order valence-electron chi connectivity index (χ3n) is 3.10. The van der Waals surface area contributed by atoms with Gasteiger partial charge in [-0.15, -0.1) is 11.3 Å². The summed E-state index contributed by atoms with van der Waals surface area (Å²) in [5.41, 5.74) is 1.24. The fourth-order valence-corrected chi connectivity index (χ4v) is 2.72. The maximum atomic E-state index is 9.92. The molecule has 0 amide bonds. The van der Waals surface area contributed by atoms with Gasteiger partial charge in [0.05, 0.1) is 5.01 Å². The summed E-state index contributed by atoms with van der Waals surface area (Å²) in [5, 5.41) is 14.2. The molecule has 0 saturated heterocycles. The van der Waals surface area contributed by atoms with Crippen molar-refractivity contribution in [3.05, 3.63) is 45.9 Å². The van der Waals surface area contributed by atoms with Gasteiger partial charge < -0.3 is 15.2 Å². The lowest BCUT2D eigenvalue weighted by molar-refractivity contribution is 0.106. The SMILES string of the molecule is CCc1cccc(OCC(O)CNCc2cnc(C)s2)c1. The predicted molar refractivity (Wildman–Crippen MR) is 85.9 cm³/mol. The zero-order chi connectivity index (χ0) is 15.1. The molecule has 21 heavy (non-hydrogen) atoms. The second kappa shape index (κ2) is 8.12. The van der Waals surface area contributed by atoms with Gasteiger partial charge in [-0.1, -0.05) is 19.1 Å². The van der Waals surface area contributed by atoms with Gasteiger partial charge in [-0.3, -0.25) is 0 Å². The molecule has 0 fully saturated rings. The highest BCUT2D eigenvalue weighted by atomic mass is 32.1. The number of hydrogen-bond donors (Lipinski definition) is 2. The average Bonchev–Trinajstić information content (AvgIpc) is 2.91. The highest BCUT2D eigenvalue weighted by Crippen LogP contribution is 2.14. The number of benzene rings is 1. The van der Waals surface area contributed by atoms with Gasteiger partial charge in [-0.25, -0.2) is 4.98 Å². The number of nitrogens with zero attached hydrogens (tertiary/aromatic N) is 1. The molecule has 1 aromatic heterocycles. The Kier molecular flexibility index (Phi) is 6.17. The number of ether oxygens (including phenoxy) is 1. The minimum atomic E-state index is -0.524. The molecule has 114 valence electrons. The Morgan fingerprint density at radius 2 is 2.29 bits per heavy atom. The molecule has 0 spiro atoms. The number of nitrogens with one attached hydrogen (secondary N) is 1. The van der Waals surface area contributed by atoms with Crippen LogP contribution >= 0.6 is 11.3 Å². The molecule has 0 bridgehead atoms. The Hall–Kier alpha value is -1.43. The molecule has 0 aliphatic heterocycles. The highest BCUT2D eigenvalue weighted by molar-refractivity contribution is 7.11. The van der Waals surface area contributed by atoms with Gasteiger partial charge in [0.1, 0.15) is 18.5 Å². The van der Waals surface area contributed by atoms with Crippen LogP contribution in [0.2, 0.25) is 0 Å². The number of aliphatic hydroxyl groups excluding tert-OH is 1. The molecular formula is C16H22N2O2S. The minimum absolute atomic E-state index is 0.294. The van der Waals surface area contributed by atoms with E-state index < -0.39 is 6.10 Å². The van der Waals surface area contributed by atoms with Crippen LogP contribution in [0.1, 0.15) is 22.4 Å². The Balaban J connectivity index is 1.68. The van der Waals surface area contributed by atoms with E-state index in [2.05, 4.69) is 23.3 Å². The van der Waals surface area contributed by atoms with Crippen molar-refractivity contribution in [1.29, 1.82) is 0 Å². The summed E-state index contributed by atoms with van der Waals surface area (Å²) in [6.07, 6.45) is 2.33. The van der Waals surface area contributed by atoms with Crippen molar-refractivity contribution in [3.63, 3.8) is 0 Å². The van der Waals surface area contributed by atoms with Gasteiger partial charge in [0.15, 0.2) is 0 Å². The summed E-state index contributed by atoms with van der Waals surface area (Å²) in [6.45, 7) is 5.63. The highest BCUT2D eigenvalue weighted by Gasteiger charge is 2.06. The second-order valence-electron chi connectivity index (χ2n) is 4.94. The quantitative estimate of drug-likeness (QED) is 0.787. The summed E-state index contributed by atoms with van der Waals surface area (Å²) in [7, 11) is 0. The molecule has 1 aromatic carbocycles. The van der Waals surface area contributed by atoms with Crippen molar-refractivity contribution >= 4 is 11.3 Å². The van der Waals surface area contributed by atoms with Crippen LogP contribution in [0.25, 0.3) is 0 Å². The van der Waals surface area contributed by atoms with Crippen molar-refractivity contribution in [2.75, 3.05) is 13.2 Å². The first-order valence-corrected chi connectivity index (χ1v) is 8.01. The molecule has 1 atom stereocenters. The van der Waals surface area contributed by atoms with E-state index in [0.717, 1.165) is 23.7 Å². The molecule has 0 aliphatic carbocycles. The third kappa shape index (κ3) is 5.46. The largest absolute Gasteiger partial charge is 0.491 e. The van der Waals surface area contributed by atoms with Crippen molar-refractivity contribution in [1.82, 2.24) is 10.3 Å².